The van der Waals surface area contributed by atoms with Crippen LogP contribution in [0.1, 0.15) is 23.7 Å². The Kier molecular flexibility index (Phi) is 7.77. The second-order valence-electron chi connectivity index (χ2n) is 5.77. The van der Waals surface area contributed by atoms with E-state index in [9.17, 15) is 14.5 Å². The molecule has 0 spiro atoms. The number of carbonyl (C=O) groups excluding carboxylic acids is 1. The molecule has 0 fully saturated rings. The predicted molar refractivity (Wildman–Crippen MR) is 105 cm³/mol. The monoisotopic (exact) mass is 403 g/mol. The van der Waals surface area contributed by atoms with Crippen LogP contribution in [-0.4, -0.2) is 43.0 Å². The van der Waals surface area contributed by atoms with E-state index in [0.29, 0.717) is 23.6 Å². The molecule has 148 valence electrons. The second kappa shape index (κ2) is 10.0. The van der Waals surface area contributed by atoms with Crippen LogP contribution in [0.5, 0.6) is 5.75 Å². The van der Waals surface area contributed by atoms with Crippen molar-refractivity contribution in [2.75, 3.05) is 27.0 Å². The van der Waals surface area contributed by atoms with Gasteiger partial charge in [0.2, 0.25) is 7.37 Å². The number of hydrogen-bond donors (Lipinski definition) is 1. The Morgan fingerprint density at radius 1 is 1.18 bits per heavy atom. The largest absolute Gasteiger partial charge is 0.482 e. The molecule has 8 heteroatoms. The van der Waals surface area contributed by atoms with E-state index in [1.807, 2.05) is 0 Å². The highest BCUT2D eigenvalue weighted by atomic mass is 31.2. The fourth-order valence-corrected chi connectivity index (χ4v) is 3.53. The van der Waals surface area contributed by atoms with Crippen molar-refractivity contribution in [1.29, 1.82) is 0 Å². The molecular weight excluding hydrogens is 381 g/mol. The highest BCUT2D eigenvalue weighted by molar-refractivity contribution is 7.65. The Morgan fingerprint density at radius 2 is 1.86 bits per heavy atom. The minimum Gasteiger partial charge on any atom is -0.482 e. The molecule has 1 aromatic heterocycles. The van der Waals surface area contributed by atoms with Gasteiger partial charge in [-0.2, -0.15) is 0 Å². The molecule has 0 saturated heterocycles. The first-order valence-corrected chi connectivity index (χ1v) is 10.6. The maximum absolute atomic E-state index is 12.6. The van der Waals surface area contributed by atoms with Crippen LogP contribution in [0.15, 0.2) is 36.4 Å². The fourth-order valence-electron chi connectivity index (χ4n) is 2.23. The van der Waals surface area contributed by atoms with Gasteiger partial charge in [-0.15, -0.1) is 0 Å². The SMILES string of the molecule is CCOP(C)(=O)c1cc(C#Cc2ccc(OCC(=O)OC)cc2)cc(CO)n1. The van der Waals surface area contributed by atoms with Crippen molar-refractivity contribution in [1.82, 2.24) is 4.98 Å². The number of esters is 1. The lowest BCUT2D eigenvalue weighted by Crippen LogP contribution is -2.14. The van der Waals surface area contributed by atoms with Crippen molar-refractivity contribution in [3.8, 4) is 17.6 Å². The average Bonchev–Trinajstić information content (AvgIpc) is 2.70. The zero-order valence-electron chi connectivity index (χ0n) is 16.0. The molecular formula is C20H22NO6P. The molecule has 2 aromatic rings. The molecule has 0 amide bonds. The Labute approximate surface area is 164 Å². The third-order valence-electron chi connectivity index (χ3n) is 3.61. The van der Waals surface area contributed by atoms with Gasteiger partial charge in [-0.1, -0.05) is 11.8 Å². The average molecular weight is 403 g/mol. The number of nitrogens with zero attached hydrogens (tertiary/aromatic N) is 1. The fraction of sp³-hybridized carbons (Fsp3) is 0.300. The highest BCUT2D eigenvalue weighted by Crippen LogP contribution is 2.40. The first-order valence-electron chi connectivity index (χ1n) is 8.54. The Morgan fingerprint density at radius 3 is 2.46 bits per heavy atom. The normalized spacial score (nSPS) is 12.4. The van der Waals surface area contributed by atoms with Crippen molar-refractivity contribution in [2.45, 2.75) is 13.5 Å². The van der Waals surface area contributed by atoms with Gasteiger partial charge in [0.15, 0.2) is 6.61 Å². The van der Waals surface area contributed by atoms with Gasteiger partial charge in [0.25, 0.3) is 0 Å². The molecule has 1 unspecified atom stereocenters. The first kappa shape index (κ1) is 21.6. The summed E-state index contributed by atoms with van der Waals surface area (Å²) in [6, 6.07) is 10.1. The maximum atomic E-state index is 12.6. The predicted octanol–water partition coefficient (Wildman–Crippen LogP) is 2.10. The van der Waals surface area contributed by atoms with E-state index < -0.39 is 13.3 Å². The van der Waals surface area contributed by atoms with Crippen LogP contribution in [0.4, 0.5) is 0 Å². The summed E-state index contributed by atoms with van der Waals surface area (Å²) >= 11 is 0. The molecule has 1 heterocycles. The van der Waals surface area contributed by atoms with E-state index in [1.165, 1.54) is 13.8 Å². The van der Waals surface area contributed by atoms with Gasteiger partial charge >= 0.3 is 5.97 Å². The summed E-state index contributed by atoms with van der Waals surface area (Å²) < 4.78 is 27.7. The Hall–Kier alpha value is -2.65. The van der Waals surface area contributed by atoms with Crippen LogP contribution in [-0.2, 0) is 25.2 Å². The summed E-state index contributed by atoms with van der Waals surface area (Å²) in [6.45, 7) is 3.09. The number of aromatic nitrogens is 1. The van der Waals surface area contributed by atoms with Gasteiger partial charge in [-0.25, -0.2) is 9.78 Å². The van der Waals surface area contributed by atoms with Crippen LogP contribution in [0.2, 0.25) is 0 Å². The Bertz CT molecular complexity index is 930. The van der Waals surface area contributed by atoms with E-state index >= 15 is 0 Å². The molecule has 1 N–H and O–H groups in total. The van der Waals surface area contributed by atoms with E-state index in [1.54, 1.807) is 43.3 Å². The topological polar surface area (TPSA) is 95.0 Å². The number of rotatable bonds is 7. The van der Waals surface area contributed by atoms with Gasteiger partial charge < -0.3 is 19.1 Å². The zero-order valence-corrected chi connectivity index (χ0v) is 16.9. The summed E-state index contributed by atoms with van der Waals surface area (Å²) in [4.78, 5) is 15.3. The number of pyridine rings is 1. The van der Waals surface area contributed by atoms with Crippen LogP contribution in [0, 0.1) is 11.8 Å². The molecule has 7 nitrogen and oxygen atoms in total. The lowest BCUT2D eigenvalue weighted by Gasteiger charge is -2.13. The van der Waals surface area contributed by atoms with Gasteiger partial charge in [0.1, 0.15) is 11.2 Å². The number of benzene rings is 1. The molecule has 0 aliphatic heterocycles. The van der Waals surface area contributed by atoms with Crippen molar-refractivity contribution in [2.24, 2.45) is 0 Å². The first-order chi connectivity index (χ1) is 13.4. The number of methoxy groups -OCH3 is 1. The van der Waals surface area contributed by atoms with Gasteiger partial charge in [0, 0.05) is 17.8 Å². The molecule has 0 saturated carbocycles. The van der Waals surface area contributed by atoms with E-state index in [4.69, 9.17) is 9.26 Å². The van der Waals surface area contributed by atoms with E-state index in [0.717, 1.165) is 5.56 Å². The molecule has 2 rings (SSSR count). The summed E-state index contributed by atoms with van der Waals surface area (Å²) in [7, 11) is -1.78. The number of aliphatic hydroxyl groups excluding tert-OH is 1. The molecule has 0 radical (unpaired) electrons. The zero-order chi connectivity index (χ0) is 20.6. The maximum Gasteiger partial charge on any atom is 0.343 e. The lowest BCUT2D eigenvalue weighted by molar-refractivity contribution is -0.142. The van der Waals surface area contributed by atoms with Gasteiger partial charge in [-0.05, 0) is 43.3 Å². The van der Waals surface area contributed by atoms with Gasteiger partial charge in [-0.3, -0.25) is 4.57 Å². The minimum absolute atomic E-state index is 0.165. The molecule has 0 bridgehead atoms. The highest BCUT2D eigenvalue weighted by Gasteiger charge is 2.21. The smallest absolute Gasteiger partial charge is 0.343 e. The number of ether oxygens (including phenoxy) is 2. The number of aliphatic hydroxyl groups is 1. The quantitative estimate of drug-likeness (QED) is 0.430. The summed E-state index contributed by atoms with van der Waals surface area (Å²) in [5.74, 6) is 6.03. The molecule has 0 aliphatic rings. The second-order valence-corrected chi connectivity index (χ2v) is 8.17. The van der Waals surface area contributed by atoms with Crippen molar-refractivity contribution in [3.63, 3.8) is 0 Å². The van der Waals surface area contributed by atoms with Crippen LogP contribution >= 0.6 is 7.37 Å². The Balaban J connectivity index is 2.21. The van der Waals surface area contributed by atoms with Crippen molar-refractivity contribution in [3.05, 3.63) is 53.2 Å². The summed E-state index contributed by atoms with van der Waals surface area (Å²) in [6.07, 6.45) is 0. The minimum atomic E-state index is -3.08. The van der Waals surface area contributed by atoms with Crippen molar-refractivity contribution < 1.29 is 28.5 Å². The third kappa shape index (κ3) is 6.21. The number of hydrogen-bond acceptors (Lipinski definition) is 7. The summed E-state index contributed by atoms with van der Waals surface area (Å²) in [5, 5.41) is 9.42. The van der Waals surface area contributed by atoms with Crippen LogP contribution < -0.4 is 10.2 Å². The van der Waals surface area contributed by atoms with Crippen LogP contribution in [0.3, 0.4) is 0 Å². The number of carbonyl (C=O) groups is 1. The molecule has 28 heavy (non-hydrogen) atoms. The third-order valence-corrected chi connectivity index (χ3v) is 5.42. The lowest BCUT2D eigenvalue weighted by atomic mass is 10.2. The van der Waals surface area contributed by atoms with Gasteiger partial charge in [0.05, 0.1) is 26.0 Å². The summed E-state index contributed by atoms with van der Waals surface area (Å²) in [5.41, 5.74) is 1.94. The standard InChI is InChI=1S/C20H22NO6P/c1-4-27-28(3,24)19-12-16(11-17(13-22)21-19)6-5-15-7-9-18(10-8-15)26-14-20(23)25-2/h7-12,22H,4,13-14H2,1-3H3. The van der Waals surface area contributed by atoms with Crippen LogP contribution in [0.25, 0.3) is 0 Å². The van der Waals surface area contributed by atoms with Crippen molar-refractivity contribution >= 4 is 18.8 Å². The molecule has 0 aliphatic carbocycles. The van der Waals surface area contributed by atoms with E-state index in [2.05, 4.69) is 21.6 Å². The van der Waals surface area contributed by atoms with E-state index in [-0.39, 0.29) is 18.6 Å². The molecule has 1 atom stereocenters. The molecule has 1 aromatic carbocycles.